The Morgan fingerprint density at radius 2 is 2.10 bits per heavy atom. The topological polar surface area (TPSA) is 88.4 Å². The first-order valence-electron chi connectivity index (χ1n) is 9.19. The van der Waals surface area contributed by atoms with Gasteiger partial charge in [-0.3, -0.25) is 9.59 Å². The molecule has 1 N–H and O–H groups in total. The maximum atomic E-state index is 13.3. The number of hydrogen-bond acceptors (Lipinski definition) is 5. The number of aromatic amines is 1. The number of pyridine rings is 1. The summed E-state index contributed by atoms with van der Waals surface area (Å²) in [7, 11) is 0. The Bertz CT molecular complexity index is 1180. The average molecular weight is 436 g/mol. The first-order chi connectivity index (χ1) is 13.8. The van der Waals surface area contributed by atoms with Gasteiger partial charge in [-0.1, -0.05) is 23.2 Å². The average Bonchev–Trinajstić information content (AvgIpc) is 3.14. The van der Waals surface area contributed by atoms with Crippen LogP contribution in [0.1, 0.15) is 41.0 Å². The number of aromatic nitrogens is 2. The van der Waals surface area contributed by atoms with Gasteiger partial charge in [0, 0.05) is 17.6 Å². The molecule has 9 heteroatoms. The minimum Gasteiger partial charge on any atom is -0.489 e. The Hall–Kier alpha value is -2.51. The fourth-order valence-corrected chi connectivity index (χ4v) is 4.16. The van der Waals surface area contributed by atoms with Crippen molar-refractivity contribution in [2.45, 2.75) is 39.8 Å². The monoisotopic (exact) mass is 435 g/mol. The van der Waals surface area contributed by atoms with Crippen LogP contribution in [0.25, 0.3) is 11.1 Å². The van der Waals surface area contributed by atoms with Gasteiger partial charge in [-0.2, -0.15) is 0 Å². The number of nitrogens with one attached hydrogen (secondary N) is 1. The second-order valence-corrected chi connectivity index (χ2v) is 8.04. The van der Waals surface area contributed by atoms with E-state index in [1.807, 2.05) is 13.8 Å². The van der Waals surface area contributed by atoms with E-state index in [1.54, 1.807) is 17.9 Å². The molecule has 1 aliphatic rings. The third-order valence-electron chi connectivity index (χ3n) is 4.90. The molecular formula is C20H19Cl2N3O4. The highest BCUT2D eigenvalue weighted by molar-refractivity contribution is 6.38. The highest BCUT2D eigenvalue weighted by atomic mass is 35.5. The van der Waals surface area contributed by atoms with Crippen LogP contribution >= 0.6 is 23.2 Å². The van der Waals surface area contributed by atoms with Crippen LogP contribution in [-0.4, -0.2) is 33.4 Å². The molecule has 1 aliphatic heterocycles. The van der Waals surface area contributed by atoms with Crippen LogP contribution in [0.4, 0.5) is 0 Å². The number of rotatable bonds is 4. The number of benzene rings is 1. The predicted octanol–water partition coefficient (Wildman–Crippen LogP) is 4.12. The second-order valence-electron chi connectivity index (χ2n) is 7.26. The van der Waals surface area contributed by atoms with Crippen LogP contribution in [0.3, 0.4) is 0 Å². The molecule has 29 heavy (non-hydrogen) atoms. The second kappa shape index (κ2) is 7.39. The molecule has 0 unspecified atom stereocenters. The van der Waals surface area contributed by atoms with Crippen molar-refractivity contribution >= 4 is 40.2 Å². The molecule has 0 radical (unpaired) electrons. The van der Waals surface area contributed by atoms with Gasteiger partial charge in [0.05, 0.1) is 34.5 Å². The predicted molar refractivity (Wildman–Crippen MR) is 110 cm³/mol. The first kappa shape index (κ1) is 19.8. The number of ether oxygens (including phenoxy) is 1. The molecule has 1 amide bonds. The highest BCUT2D eigenvalue weighted by Gasteiger charge is 2.32. The number of nitrogens with zero attached hydrogens (tertiary/aromatic N) is 2. The van der Waals surface area contributed by atoms with E-state index < -0.39 is 0 Å². The maximum absolute atomic E-state index is 13.3. The summed E-state index contributed by atoms with van der Waals surface area (Å²) in [6.45, 7) is 5.95. The first-order valence-corrected chi connectivity index (χ1v) is 9.95. The summed E-state index contributed by atoms with van der Waals surface area (Å²) in [6, 6.07) is 1.65. The van der Waals surface area contributed by atoms with Crippen LogP contribution in [0.2, 0.25) is 10.0 Å². The van der Waals surface area contributed by atoms with Crippen molar-refractivity contribution in [1.29, 1.82) is 0 Å². The summed E-state index contributed by atoms with van der Waals surface area (Å²) < 4.78 is 11.1. The molecule has 3 heterocycles. The molecule has 0 aliphatic carbocycles. The van der Waals surface area contributed by atoms with Crippen LogP contribution in [0.15, 0.2) is 21.7 Å². The number of halogens is 2. The zero-order chi connectivity index (χ0) is 20.9. The van der Waals surface area contributed by atoms with Crippen molar-refractivity contribution in [3.8, 4) is 5.75 Å². The number of fused-ring (bicyclic) bond motifs is 2. The summed E-state index contributed by atoms with van der Waals surface area (Å²) in [4.78, 5) is 34.3. The third-order valence-corrected chi connectivity index (χ3v) is 5.61. The van der Waals surface area contributed by atoms with E-state index in [0.29, 0.717) is 57.2 Å². The molecule has 7 nitrogen and oxygen atoms in total. The number of amides is 1. The van der Waals surface area contributed by atoms with Gasteiger partial charge >= 0.3 is 0 Å². The quantitative estimate of drug-likeness (QED) is 0.665. The lowest BCUT2D eigenvalue weighted by molar-refractivity contribution is 0.0726. The van der Waals surface area contributed by atoms with Gasteiger partial charge < -0.3 is 19.0 Å². The summed E-state index contributed by atoms with van der Waals surface area (Å²) in [5, 5.41) is 0.678. The van der Waals surface area contributed by atoms with Crippen LogP contribution in [0, 0.1) is 6.92 Å². The summed E-state index contributed by atoms with van der Waals surface area (Å²) in [5.74, 6) is 0.0664. The van der Waals surface area contributed by atoms with Gasteiger partial charge in [0.2, 0.25) is 0 Å². The number of H-pyrrole nitrogens is 1. The van der Waals surface area contributed by atoms with E-state index in [1.165, 1.54) is 6.39 Å². The fraction of sp³-hybridized carbons (Fsp3) is 0.350. The Kier molecular flexibility index (Phi) is 5.04. The van der Waals surface area contributed by atoms with Gasteiger partial charge in [0.25, 0.3) is 11.5 Å². The van der Waals surface area contributed by atoms with Crippen molar-refractivity contribution in [3.63, 3.8) is 0 Å². The number of oxazole rings is 1. The van der Waals surface area contributed by atoms with E-state index in [-0.39, 0.29) is 29.1 Å². The zero-order valence-electron chi connectivity index (χ0n) is 16.1. The molecule has 0 saturated heterocycles. The Labute approximate surface area is 176 Å². The van der Waals surface area contributed by atoms with E-state index in [0.717, 1.165) is 0 Å². The lowest BCUT2D eigenvalue weighted by Crippen LogP contribution is -2.39. The van der Waals surface area contributed by atoms with Crippen LogP contribution in [0.5, 0.6) is 5.75 Å². The van der Waals surface area contributed by atoms with Crippen molar-refractivity contribution in [3.05, 3.63) is 55.2 Å². The standard InChI is InChI=1S/C20H19Cl2N3O4/c1-9(2)29-14-6-13(21)11-4-5-25(20(27)15(11)16(14)22)7-12-17-18(28-8-23-17)10(3)24-19(12)26/h6,8-9H,4-5,7H2,1-3H3,(H,24,26). The molecule has 4 rings (SSSR count). The molecule has 0 fully saturated rings. The van der Waals surface area contributed by atoms with E-state index in [9.17, 15) is 9.59 Å². The van der Waals surface area contributed by atoms with Gasteiger partial charge in [0.1, 0.15) is 11.3 Å². The SMILES string of the molecule is Cc1[nH]c(=O)c(CN2CCc3c(Cl)cc(OC(C)C)c(Cl)c3C2=O)c2ncoc12. The molecule has 2 aromatic heterocycles. The zero-order valence-corrected chi connectivity index (χ0v) is 17.6. The summed E-state index contributed by atoms with van der Waals surface area (Å²) >= 11 is 12.9. The molecule has 0 saturated carbocycles. The lowest BCUT2D eigenvalue weighted by Gasteiger charge is -2.30. The molecular weight excluding hydrogens is 417 g/mol. The smallest absolute Gasteiger partial charge is 0.256 e. The Morgan fingerprint density at radius 1 is 1.34 bits per heavy atom. The fourth-order valence-electron chi connectivity index (χ4n) is 3.58. The third kappa shape index (κ3) is 3.38. The molecule has 0 atom stereocenters. The van der Waals surface area contributed by atoms with Gasteiger partial charge in [-0.15, -0.1) is 0 Å². The number of carbonyl (C=O) groups is 1. The molecule has 0 spiro atoms. The number of hydrogen-bond donors (Lipinski definition) is 1. The summed E-state index contributed by atoms with van der Waals surface area (Å²) in [5.41, 5.74) is 2.62. The van der Waals surface area contributed by atoms with Crippen molar-refractivity contribution in [2.75, 3.05) is 6.54 Å². The van der Waals surface area contributed by atoms with Crippen molar-refractivity contribution in [1.82, 2.24) is 14.9 Å². The highest BCUT2D eigenvalue weighted by Crippen LogP contribution is 2.39. The molecule has 152 valence electrons. The minimum atomic E-state index is -0.302. The van der Waals surface area contributed by atoms with Gasteiger partial charge in [-0.05, 0) is 32.8 Å². The van der Waals surface area contributed by atoms with E-state index >= 15 is 0 Å². The molecule has 0 bridgehead atoms. The maximum Gasteiger partial charge on any atom is 0.256 e. The summed E-state index contributed by atoms with van der Waals surface area (Å²) in [6.07, 6.45) is 1.68. The Morgan fingerprint density at radius 3 is 2.83 bits per heavy atom. The number of carbonyl (C=O) groups excluding carboxylic acids is 1. The largest absolute Gasteiger partial charge is 0.489 e. The lowest BCUT2D eigenvalue weighted by atomic mass is 9.97. The van der Waals surface area contributed by atoms with Crippen LogP contribution in [-0.2, 0) is 13.0 Å². The minimum absolute atomic E-state index is 0.0835. The molecule has 1 aromatic carbocycles. The van der Waals surface area contributed by atoms with Gasteiger partial charge in [0.15, 0.2) is 12.0 Å². The Balaban J connectivity index is 1.74. The van der Waals surface area contributed by atoms with E-state index in [4.69, 9.17) is 32.4 Å². The van der Waals surface area contributed by atoms with Crippen LogP contribution < -0.4 is 10.3 Å². The molecule has 3 aromatic rings. The number of aryl methyl sites for hydroxylation is 1. The van der Waals surface area contributed by atoms with Gasteiger partial charge in [-0.25, -0.2) is 4.98 Å². The van der Waals surface area contributed by atoms with Crippen molar-refractivity contribution < 1.29 is 13.9 Å². The van der Waals surface area contributed by atoms with Crippen molar-refractivity contribution in [2.24, 2.45) is 0 Å². The van der Waals surface area contributed by atoms with E-state index in [2.05, 4.69) is 9.97 Å². The normalized spacial score (nSPS) is 14.0.